The standard InChI is InChI=1S/C14H16N4OS/c1-20-12-4-2-3-11(13(12)14(15)17-19)18-8-7-10(16-18)9-5-6-9/h2-4,7-9,19H,5-6H2,1H3,(H2,15,17). The predicted octanol–water partition coefficient (Wildman–Crippen LogP) is 2.57. The SMILES string of the molecule is CSc1cccc(-n2ccc(C3CC3)n2)c1/C(N)=N/O. The van der Waals surface area contributed by atoms with E-state index in [0.717, 1.165) is 16.3 Å². The highest BCUT2D eigenvalue weighted by Gasteiger charge is 2.26. The summed E-state index contributed by atoms with van der Waals surface area (Å²) in [5.74, 6) is 0.709. The van der Waals surface area contributed by atoms with Crippen LogP contribution in [0.1, 0.15) is 30.0 Å². The van der Waals surface area contributed by atoms with Gasteiger partial charge in [0, 0.05) is 17.0 Å². The smallest absolute Gasteiger partial charge is 0.173 e. The highest BCUT2D eigenvalue weighted by atomic mass is 32.2. The molecule has 5 nitrogen and oxygen atoms in total. The van der Waals surface area contributed by atoms with Crippen molar-refractivity contribution in [2.75, 3.05) is 6.26 Å². The molecule has 1 heterocycles. The van der Waals surface area contributed by atoms with Crippen LogP contribution >= 0.6 is 11.8 Å². The zero-order chi connectivity index (χ0) is 14.1. The minimum atomic E-state index is 0.105. The maximum atomic E-state index is 9.01. The summed E-state index contributed by atoms with van der Waals surface area (Å²) in [6.45, 7) is 0. The Bertz CT molecular complexity index is 661. The lowest BCUT2D eigenvalue weighted by Gasteiger charge is -2.12. The Balaban J connectivity index is 2.11. The zero-order valence-electron chi connectivity index (χ0n) is 11.2. The molecule has 3 rings (SSSR count). The van der Waals surface area contributed by atoms with E-state index in [4.69, 9.17) is 10.9 Å². The van der Waals surface area contributed by atoms with Crippen LogP contribution < -0.4 is 5.73 Å². The molecule has 0 aliphatic heterocycles. The monoisotopic (exact) mass is 288 g/mol. The molecule has 1 aromatic carbocycles. The van der Waals surface area contributed by atoms with E-state index in [0.29, 0.717) is 11.5 Å². The van der Waals surface area contributed by atoms with E-state index in [9.17, 15) is 0 Å². The van der Waals surface area contributed by atoms with Crippen LogP contribution in [-0.4, -0.2) is 27.1 Å². The number of hydrogen-bond donors (Lipinski definition) is 2. The van der Waals surface area contributed by atoms with Crippen LogP contribution in [0.3, 0.4) is 0 Å². The number of benzene rings is 1. The molecule has 0 unspecified atom stereocenters. The topological polar surface area (TPSA) is 76.4 Å². The quantitative estimate of drug-likeness (QED) is 0.298. The van der Waals surface area contributed by atoms with Gasteiger partial charge in [0.1, 0.15) is 0 Å². The normalized spacial score (nSPS) is 15.6. The first-order chi connectivity index (χ1) is 9.74. The van der Waals surface area contributed by atoms with Gasteiger partial charge < -0.3 is 10.9 Å². The summed E-state index contributed by atoms with van der Waals surface area (Å²) >= 11 is 1.56. The highest BCUT2D eigenvalue weighted by molar-refractivity contribution is 7.98. The number of amidine groups is 1. The number of nitrogens with two attached hydrogens (primary N) is 1. The van der Waals surface area contributed by atoms with Crippen LogP contribution in [0.25, 0.3) is 5.69 Å². The van der Waals surface area contributed by atoms with E-state index in [1.54, 1.807) is 16.4 Å². The second kappa shape index (κ2) is 5.20. The predicted molar refractivity (Wildman–Crippen MR) is 79.8 cm³/mol. The Morgan fingerprint density at radius 2 is 2.25 bits per heavy atom. The molecule has 20 heavy (non-hydrogen) atoms. The summed E-state index contributed by atoms with van der Waals surface area (Å²) in [5, 5.41) is 16.8. The molecule has 0 saturated heterocycles. The maximum Gasteiger partial charge on any atom is 0.173 e. The number of oxime groups is 1. The van der Waals surface area contributed by atoms with Gasteiger partial charge in [-0.1, -0.05) is 11.2 Å². The minimum Gasteiger partial charge on any atom is -0.409 e. The molecule has 2 aromatic rings. The van der Waals surface area contributed by atoms with Crippen molar-refractivity contribution >= 4 is 17.6 Å². The van der Waals surface area contributed by atoms with Gasteiger partial charge in [-0.15, -0.1) is 11.8 Å². The van der Waals surface area contributed by atoms with E-state index in [-0.39, 0.29) is 5.84 Å². The van der Waals surface area contributed by atoms with E-state index >= 15 is 0 Å². The molecule has 0 atom stereocenters. The van der Waals surface area contributed by atoms with E-state index in [1.807, 2.05) is 36.7 Å². The summed E-state index contributed by atoms with van der Waals surface area (Å²) in [5.41, 5.74) is 8.50. The first-order valence-electron chi connectivity index (χ1n) is 6.45. The van der Waals surface area contributed by atoms with Crippen molar-refractivity contribution in [3.05, 3.63) is 41.7 Å². The molecular weight excluding hydrogens is 272 g/mol. The van der Waals surface area contributed by atoms with E-state index in [2.05, 4.69) is 10.3 Å². The van der Waals surface area contributed by atoms with Crippen molar-refractivity contribution < 1.29 is 5.21 Å². The molecule has 1 aliphatic rings. The Hall–Kier alpha value is -1.95. The first kappa shape index (κ1) is 13.1. The number of hydrogen-bond acceptors (Lipinski definition) is 4. The molecule has 0 spiro atoms. The molecule has 6 heteroatoms. The van der Waals surface area contributed by atoms with Crippen molar-refractivity contribution in [1.29, 1.82) is 0 Å². The van der Waals surface area contributed by atoms with Crippen molar-refractivity contribution in [3.8, 4) is 5.69 Å². The first-order valence-corrected chi connectivity index (χ1v) is 7.68. The second-order valence-electron chi connectivity index (χ2n) is 4.80. The summed E-state index contributed by atoms with van der Waals surface area (Å²) < 4.78 is 1.81. The van der Waals surface area contributed by atoms with Crippen LogP contribution in [0.2, 0.25) is 0 Å². The third-order valence-electron chi connectivity index (χ3n) is 3.44. The van der Waals surface area contributed by atoms with Crippen LogP contribution in [0.15, 0.2) is 40.5 Å². The number of nitrogens with zero attached hydrogens (tertiary/aromatic N) is 3. The molecule has 0 radical (unpaired) electrons. The third-order valence-corrected chi connectivity index (χ3v) is 4.22. The molecular formula is C14H16N4OS. The lowest BCUT2D eigenvalue weighted by atomic mass is 10.1. The minimum absolute atomic E-state index is 0.105. The van der Waals surface area contributed by atoms with Crippen LogP contribution in [0.5, 0.6) is 0 Å². The van der Waals surface area contributed by atoms with Gasteiger partial charge in [-0.3, -0.25) is 0 Å². The average Bonchev–Trinajstić information content (AvgIpc) is 3.23. The Kier molecular flexibility index (Phi) is 3.40. The van der Waals surface area contributed by atoms with E-state index in [1.165, 1.54) is 12.8 Å². The third kappa shape index (κ3) is 2.27. The number of aromatic nitrogens is 2. The van der Waals surface area contributed by atoms with Crippen molar-refractivity contribution in [2.45, 2.75) is 23.7 Å². The summed E-state index contributed by atoms with van der Waals surface area (Å²) in [6, 6.07) is 7.87. The summed E-state index contributed by atoms with van der Waals surface area (Å²) in [6.07, 6.45) is 6.33. The lowest BCUT2D eigenvalue weighted by molar-refractivity contribution is 0.318. The molecule has 1 saturated carbocycles. The Labute approximate surface area is 121 Å². The number of rotatable bonds is 4. The Morgan fingerprint density at radius 1 is 1.45 bits per heavy atom. The molecule has 3 N–H and O–H groups in total. The fraction of sp³-hybridized carbons (Fsp3) is 0.286. The van der Waals surface area contributed by atoms with Crippen LogP contribution in [0, 0.1) is 0 Å². The van der Waals surface area contributed by atoms with Crippen molar-refractivity contribution in [1.82, 2.24) is 9.78 Å². The molecule has 0 bridgehead atoms. The van der Waals surface area contributed by atoms with Gasteiger partial charge in [-0.2, -0.15) is 5.10 Å². The second-order valence-corrected chi connectivity index (χ2v) is 5.65. The number of thioether (sulfide) groups is 1. The summed E-state index contributed by atoms with van der Waals surface area (Å²) in [4.78, 5) is 0.960. The van der Waals surface area contributed by atoms with Gasteiger partial charge in [0.25, 0.3) is 0 Å². The average molecular weight is 288 g/mol. The lowest BCUT2D eigenvalue weighted by Crippen LogP contribution is -2.18. The van der Waals surface area contributed by atoms with Gasteiger partial charge in [-0.05, 0) is 37.3 Å². The van der Waals surface area contributed by atoms with Gasteiger partial charge >= 0.3 is 0 Å². The fourth-order valence-corrected chi connectivity index (χ4v) is 2.88. The summed E-state index contributed by atoms with van der Waals surface area (Å²) in [7, 11) is 0. The molecule has 104 valence electrons. The van der Waals surface area contributed by atoms with Crippen LogP contribution in [-0.2, 0) is 0 Å². The molecule has 1 fully saturated rings. The molecule has 1 aromatic heterocycles. The van der Waals surface area contributed by atoms with Crippen molar-refractivity contribution in [3.63, 3.8) is 0 Å². The van der Waals surface area contributed by atoms with Gasteiger partial charge in [-0.25, -0.2) is 4.68 Å². The molecule has 1 aliphatic carbocycles. The zero-order valence-corrected chi connectivity index (χ0v) is 12.0. The van der Waals surface area contributed by atoms with Crippen LogP contribution in [0.4, 0.5) is 0 Å². The largest absolute Gasteiger partial charge is 0.409 e. The van der Waals surface area contributed by atoms with E-state index < -0.39 is 0 Å². The highest BCUT2D eigenvalue weighted by Crippen LogP contribution is 2.39. The Morgan fingerprint density at radius 3 is 2.90 bits per heavy atom. The fourth-order valence-electron chi connectivity index (χ4n) is 2.26. The maximum absolute atomic E-state index is 9.01. The van der Waals surface area contributed by atoms with Gasteiger partial charge in [0.05, 0.1) is 16.9 Å². The van der Waals surface area contributed by atoms with Crippen molar-refractivity contribution in [2.24, 2.45) is 10.9 Å². The molecule has 0 amide bonds. The van der Waals surface area contributed by atoms with Gasteiger partial charge in [0.2, 0.25) is 0 Å². The van der Waals surface area contributed by atoms with Gasteiger partial charge in [0.15, 0.2) is 5.84 Å².